The second kappa shape index (κ2) is 10.1. The lowest BCUT2D eigenvalue weighted by Crippen LogP contribution is -2.47. The number of fused-ring (bicyclic) bond motifs is 4. The van der Waals surface area contributed by atoms with Crippen molar-refractivity contribution in [3.8, 4) is 0 Å². The van der Waals surface area contributed by atoms with Crippen LogP contribution in [0.2, 0.25) is 0 Å². The van der Waals surface area contributed by atoms with Gasteiger partial charge in [-0.2, -0.15) is 0 Å². The molecular weight excluding hydrogens is 496 g/mol. The summed E-state index contributed by atoms with van der Waals surface area (Å²) in [6.07, 6.45) is 2.19. The Morgan fingerprint density at radius 1 is 0.921 bits per heavy atom. The molecule has 2 bridgehead atoms. The van der Waals surface area contributed by atoms with Crippen LogP contribution in [0.15, 0.2) is 58.7 Å². The van der Waals surface area contributed by atoms with Gasteiger partial charge in [0.25, 0.3) is 17.4 Å². The third-order valence-corrected chi connectivity index (χ3v) is 9.08. The van der Waals surface area contributed by atoms with Gasteiger partial charge in [0.2, 0.25) is 0 Å². The van der Waals surface area contributed by atoms with E-state index >= 15 is 0 Å². The number of likely N-dealkylation sites (tertiary alicyclic amines) is 1. The third kappa shape index (κ3) is 4.77. The lowest BCUT2D eigenvalue weighted by Gasteiger charge is -2.44. The maximum Gasteiger partial charge on any atom is 0.265 e. The van der Waals surface area contributed by atoms with Gasteiger partial charge in [-0.3, -0.25) is 14.4 Å². The van der Waals surface area contributed by atoms with E-state index in [2.05, 4.69) is 30.1 Å². The summed E-state index contributed by atoms with van der Waals surface area (Å²) in [7, 11) is 0. The molecule has 4 unspecified atom stereocenters. The smallest absolute Gasteiger partial charge is 0.265 e. The Hall–Kier alpha value is -3.39. The van der Waals surface area contributed by atoms with Crippen LogP contribution in [0.25, 0.3) is 0 Å². The Labute approximate surface area is 227 Å². The number of piperidine rings is 2. The molecule has 4 atom stereocenters. The summed E-state index contributed by atoms with van der Waals surface area (Å²) in [5.41, 5.74) is 3.35. The molecule has 2 fully saturated rings. The highest BCUT2D eigenvalue weighted by atomic mass is 32.1. The van der Waals surface area contributed by atoms with E-state index in [9.17, 15) is 14.4 Å². The van der Waals surface area contributed by atoms with E-state index in [4.69, 9.17) is 0 Å². The molecule has 38 heavy (non-hydrogen) atoms. The first-order valence-corrected chi connectivity index (χ1v) is 14.5. The second-order valence-corrected chi connectivity index (χ2v) is 12.4. The first kappa shape index (κ1) is 24.9. The van der Waals surface area contributed by atoms with Crippen molar-refractivity contribution in [2.45, 2.75) is 39.2 Å². The number of amides is 2. The topological polar surface area (TPSA) is 74.7 Å². The fourth-order valence-corrected chi connectivity index (χ4v) is 7.36. The maximum absolute atomic E-state index is 13.5. The number of carbonyl (C=O) groups excluding carboxylic acids is 2. The van der Waals surface area contributed by atoms with Gasteiger partial charge in [-0.15, -0.1) is 11.3 Å². The first-order chi connectivity index (χ1) is 18.4. The molecular formula is C30H34N4O3S. The third-order valence-electron chi connectivity index (χ3n) is 8.21. The zero-order valence-corrected chi connectivity index (χ0v) is 22.7. The number of thiophene rings is 1. The van der Waals surface area contributed by atoms with Crippen molar-refractivity contribution in [3.63, 3.8) is 0 Å². The van der Waals surface area contributed by atoms with Crippen molar-refractivity contribution < 1.29 is 9.59 Å². The predicted octanol–water partition coefficient (Wildman–Crippen LogP) is 4.90. The van der Waals surface area contributed by atoms with Crippen molar-refractivity contribution in [1.82, 2.24) is 9.47 Å². The van der Waals surface area contributed by atoms with Gasteiger partial charge >= 0.3 is 0 Å². The van der Waals surface area contributed by atoms with Gasteiger partial charge in [-0.25, -0.2) is 0 Å². The highest BCUT2D eigenvalue weighted by Gasteiger charge is 2.35. The molecule has 8 heteroatoms. The van der Waals surface area contributed by atoms with Crippen LogP contribution in [0, 0.1) is 17.8 Å². The minimum Gasteiger partial charge on any atom is -0.369 e. The molecule has 0 aliphatic carbocycles. The highest BCUT2D eigenvalue weighted by Crippen LogP contribution is 2.39. The van der Waals surface area contributed by atoms with Gasteiger partial charge in [0.15, 0.2) is 0 Å². The second-order valence-electron chi connectivity index (χ2n) is 11.4. The Kier molecular flexibility index (Phi) is 6.60. The molecule has 1 N–H and O–H groups in total. The number of rotatable bonds is 4. The number of benzene rings is 1. The van der Waals surface area contributed by atoms with Gasteiger partial charge < -0.3 is 19.7 Å². The van der Waals surface area contributed by atoms with Gasteiger partial charge in [0.05, 0.1) is 16.3 Å². The van der Waals surface area contributed by atoms with Crippen LogP contribution >= 0.6 is 11.3 Å². The van der Waals surface area contributed by atoms with Crippen LogP contribution < -0.4 is 15.8 Å². The summed E-state index contributed by atoms with van der Waals surface area (Å²) in [6, 6.07) is 15.0. The average Bonchev–Trinajstić information content (AvgIpc) is 3.44. The number of anilines is 2. The molecule has 3 aromatic rings. The first-order valence-electron chi connectivity index (χ1n) is 13.6. The van der Waals surface area contributed by atoms with Crippen LogP contribution in [0.5, 0.6) is 0 Å². The molecule has 3 aliphatic rings. The molecule has 3 aliphatic heterocycles. The lowest BCUT2D eigenvalue weighted by atomic mass is 9.83. The summed E-state index contributed by atoms with van der Waals surface area (Å²) < 4.78 is 1.93. The number of aromatic nitrogens is 1. The largest absolute Gasteiger partial charge is 0.369 e. The van der Waals surface area contributed by atoms with Gasteiger partial charge in [-0.1, -0.05) is 26.0 Å². The lowest BCUT2D eigenvalue weighted by molar-refractivity contribution is 0.0623. The number of hydrogen-bond donors (Lipinski definition) is 1. The van der Waals surface area contributed by atoms with Gasteiger partial charge in [-0.05, 0) is 66.3 Å². The van der Waals surface area contributed by atoms with Crippen LogP contribution in [0.4, 0.5) is 11.4 Å². The van der Waals surface area contributed by atoms with E-state index in [-0.39, 0.29) is 23.3 Å². The molecule has 6 rings (SSSR count). The zero-order valence-electron chi connectivity index (χ0n) is 21.9. The van der Waals surface area contributed by atoms with Crippen molar-refractivity contribution in [1.29, 1.82) is 0 Å². The predicted molar refractivity (Wildman–Crippen MR) is 151 cm³/mol. The number of nitrogens with zero attached hydrogens (tertiary/aromatic N) is 3. The van der Waals surface area contributed by atoms with E-state index in [0.717, 1.165) is 50.4 Å². The minimum absolute atomic E-state index is 0.0189. The highest BCUT2D eigenvalue weighted by molar-refractivity contribution is 7.12. The SMILES string of the molecule is CC1CC(C)CN(C(=O)c2ccc(N3CC4CC(C3)c3cccc(=O)n3C4)c(NC(=O)c3cccs3)c2)C1. The molecule has 0 radical (unpaired) electrons. The molecule has 198 valence electrons. The van der Waals surface area contributed by atoms with Crippen molar-refractivity contribution in [3.05, 3.63) is 80.4 Å². The molecule has 0 spiro atoms. The monoisotopic (exact) mass is 530 g/mol. The number of pyridine rings is 1. The fraction of sp³-hybridized carbons (Fsp3) is 0.433. The summed E-state index contributed by atoms with van der Waals surface area (Å²) in [4.78, 5) is 44.1. The van der Waals surface area contributed by atoms with E-state index in [1.807, 2.05) is 51.2 Å². The van der Waals surface area contributed by atoms with Crippen molar-refractivity contribution >= 4 is 34.5 Å². The Morgan fingerprint density at radius 3 is 2.50 bits per heavy atom. The fourth-order valence-electron chi connectivity index (χ4n) is 6.74. The van der Waals surface area contributed by atoms with E-state index in [1.165, 1.54) is 11.3 Å². The summed E-state index contributed by atoms with van der Waals surface area (Å²) in [6.45, 7) is 8.19. The normalized spacial score (nSPS) is 24.6. The minimum atomic E-state index is -0.167. The summed E-state index contributed by atoms with van der Waals surface area (Å²) in [5, 5.41) is 5.01. The molecule has 2 saturated heterocycles. The Balaban J connectivity index is 1.33. The van der Waals surface area contributed by atoms with Crippen LogP contribution in [-0.2, 0) is 6.54 Å². The summed E-state index contributed by atoms with van der Waals surface area (Å²) >= 11 is 1.40. The zero-order chi connectivity index (χ0) is 26.4. The maximum atomic E-state index is 13.5. The molecule has 0 saturated carbocycles. The average molecular weight is 531 g/mol. The molecule has 7 nitrogen and oxygen atoms in total. The van der Waals surface area contributed by atoms with Crippen LogP contribution in [0.3, 0.4) is 0 Å². The van der Waals surface area contributed by atoms with E-state index in [1.54, 1.807) is 6.07 Å². The van der Waals surface area contributed by atoms with E-state index in [0.29, 0.717) is 40.4 Å². The standard InChI is InChI=1S/C30H34N4O3S/c1-19-11-20(2)15-33(14-19)30(37)22-8-9-26(24(13-22)31-29(36)27-6-4-10-38-27)32-16-21-12-23(18-32)25-5-3-7-28(35)34(25)17-21/h3-10,13,19-21,23H,11-12,14-18H2,1-2H3,(H,31,36). The van der Waals surface area contributed by atoms with E-state index < -0.39 is 0 Å². The molecule has 5 heterocycles. The Morgan fingerprint density at radius 2 is 1.74 bits per heavy atom. The van der Waals surface area contributed by atoms with Crippen LogP contribution in [-0.4, -0.2) is 47.5 Å². The van der Waals surface area contributed by atoms with Crippen LogP contribution in [0.1, 0.15) is 58.3 Å². The summed E-state index contributed by atoms with van der Waals surface area (Å²) in [5.74, 6) is 1.39. The molecule has 1 aromatic carbocycles. The quantitative estimate of drug-likeness (QED) is 0.521. The number of nitrogens with one attached hydrogen (secondary N) is 1. The van der Waals surface area contributed by atoms with Gasteiger partial charge in [0.1, 0.15) is 0 Å². The molecule has 2 aromatic heterocycles. The Bertz CT molecular complexity index is 1410. The molecule has 2 amide bonds. The number of hydrogen-bond acceptors (Lipinski definition) is 5. The van der Waals surface area contributed by atoms with Gasteiger partial charge in [0, 0.05) is 56.0 Å². The van der Waals surface area contributed by atoms with Crippen molar-refractivity contribution in [2.75, 3.05) is 36.4 Å². The number of carbonyl (C=O) groups is 2. The van der Waals surface area contributed by atoms with Crippen molar-refractivity contribution in [2.24, 2.45) is 17.8 Å².